The molecular formula is C17H13ClN4O5. The first kappa shape index (κ1) is 18.3. The second-order valence-corrected chi connectivity index (χ2v) is 6.34. The van der Waals surface area contributed by atoms with Crippen LogP contribution in [0.3, 0.4) is 0 Å². The summed E-state index contributed by atoms with van der Waals surface area (Å²) in [6.07, 6.45) is 0.961. The van der Waals surface area contributed by atoms with E-state index in [2.05, 4.69) is 10.4 Å². The molecule has 1 atom stereocenters. The number of aromatic hydroxyl groups is 1. The van der Waals surface area contributed by atoms with E-state index in [1.165, 1.54) is 6.07 Å². The predicted molar refractivity (Wildman–Crippen MR) is 96.5 cm³/mol. The minimum atomic E-state index is -1.31. The van der Waals surface area contributed by atoms with Gasteiger partial charge in [0, 0.05) is 16.7 Å². The van der Waals surface area contributed by atoms with Crippen molar-refractivity contribution in [3.8, 4) is 5.75 Å². The van der Waals surface area contributed by atoms with Gasteiger partial charge in [-0.3, -0.25) is 14.9 Å². The molecule has 1 fully saturated rings. The Labute approximate surface area is 158 Å². The van der Waals surface area contributed by atoms with E-state index in [4.69, 9.17) is 11.6 Å². The molecule has 0 saturated carbocycles. The van der Waals surface area contributed by atoms with Gasteiger partial charge in [0.1, 0.15) is 5.54 Å². The van der Waals surface area contributed by atoms with Crippen LogP contribution in [0.4, 0.5) is 10.5 Å². The lowest BCUT2D eigenvalue weighted by Crippen LogP contribution is -2.40. The third-order valence-corrected chi connectivity index (χ3v) is 4.33. The van der Waals surface area contributed by atoms with Crippen molar-refractivity contribution >= 4 is 35.4 Å². The van der Waals surface area contributed by atoms with E-state index in [-0.39, 0.29) is 10.6 Å². The van der Waals surface area contributed by atoms with Crippen LogP contribution in [0.15, 0.2) is 47.6 Å². The van der Waals surface area contributed by atoms with E-state index < -0.39 is 33.8 Å². The topological polar surface area (TPSA) is 125 Å². The summed E-state index contributed by atoms with van der Waals surface area (Å²) >= 11 is 5.81. The van der Waals surface area contributed by atoms with Crippen LogP contribution < -0.4 is 5.32 Å². The van der Waals surface area contributed by atoms with Crippen molar-refractivity contribution in [1.82, 2.24) is 10.3 Å². The Morgan fingerprint density at radius 1 is 1.30 bits per heavy atom. The second-order valence-electron chi connectivity index (χ2n) is 5.90. The van der Waals surface area contributed by atoms with E-state index in [0.29, 0.717) is 10.6 Å². The monoisotopic (exact) mass is 388 g/mol. The fraction of sp³-hybridized carbons (Fsp3) is 0.118. The van der Waals surface area contributed by atoms with Gasteiger partial charge < -0.3 is 10.4 Å². The largest absolute Gasteiger partial charge is 0.502 e. The van der Waals surface area contributed by atoms with Gasteiger partial charge >= 0.3 is 11.7 Å². The molecule has 0 unspecified atom stereocenters. The molecular weight excluding hydrogens is 376 g/mol. The first-order valence-corrected chi connectivity index (χ1v) is 8.05. The molecule has 3 rings (SSSR count). The Hall–Kier alpha value is -3.46. The van der Waals surface area contributed by atoms with Gasteiger partial charge in [0.15, 0.2) is 0 Å². The number of nitrogens with zero attached hydrogens (tertiary/aromatic N) is 3. The first-order valence-electron chi connectivity index (χ1n) is 7.67. The number of carbonyl (C=O) groups is 2. The number of halogens is 1. The van der Waals surface area contributed by atoms with E-state index in [1.54, 1.807) is 37.3 Å². The maximum Gasteiger partial charge on any atom is 0.346 e. The summed E-state index contributed by atoms with van der Waals surface area (Å²) in [5.41, 5.74) is -1.46. The number of amides is 3. The van der Waals surface area contributed by atoms with Crippen molar-refractivity contribution in [2.24, 2.45) is 5.10 Å². The van der Waals surface area contributed by atoms with Crippen LogP contribution in [0.2, 0.25) is 5.02 Å². The number of hydrogen-bond acceptors (Lipinski definition) is 6. The highest BCUT2D eigenvalue weighted by Gasteiger charge is 2.49. The van der Waals surface area contributed by atoms with Crippen LogP contribution in [-0.2, 0) is 10.3 Å². The zero-order valence-corrected chi connectivity index (χ0v) is 14.7. The van der Waals surface area contributed by atoms with Gasteiger partial charge in [-0.2, -0.15) is 5.10 Å². The predicted octanol–water partition coefficient (Wildman–Crippen LogP) is 2.75. The molecule has 1 saturated heterocycles. The number of urea groups is 1. The summed E-state index contributed by atoms with van der Waals surface area (Å²) in [7, 11) is 0. The summed E-state index contributed by atoms with van der Waals surface area (Å²) in [6.45, 7) is 1.54. The molecule has 0 spiro atoms. The highest BCUT2D eigenvalue weighted by Crippen LogP contribution is 2.33. The number of nitrogens with one attached hydrogen (secondary N) is 1. The Kier molecular flexibility index (Phi) is 4.54. The van der Waals surface area contributed by atoms with Crippen molar-refractivity contribution in [2.75, 3.05) is 0 Å². The number of phenols is 1. The Bertz CT molecular complexity index is 979. The lowest BCUT2D eigenvalue weighted by atomic mass is 9.92. The quantitative estimate of drug-likeness (QED) is 0.360. The van der Waals surface area contributed by atoms with Crippen LogP contribution in [0.5, 0.6) is 5.75 Å². The molecule has 0 aromatic heterocycles. The molecule has 1 aliphatic heterocycles. The molecule has 9 nitrogen and oxygen atoms in total. The molecule has 0 bridgehead atoms. The molecule has 2 aromatic rings. The van der Waals surface area contributed by atoms with Crippen molar-refractivity contribution in [3.05, 3.63) is 68.7 Å². The van der Waals surface area contributed by atoms with Crippen LogP contribution >= 0.6 is 11.6 Å². The lowest BCUT2D eigenvalue weighted by Gasteiger charge is -2.20. The molecule has 2 N–H and O–H groups in total. The van der Waals surface area contributed by atoms with Gasteiger partial charge in [0.25, 0.3) is 5.91 Å². The van der Waals surface area contributed by atoms with Crippen molar-refractivity contribution in [3.63, 3.8) is 0 Å². The smallest absolute Gasteiger partial charge is 0.346 e. The highest BCUT2D eigenvalue weighted by atomic mass is 35.5. The number of nitro benzene ring substituents is 1. The molecule has 1 aliphatic rings. The number of phenolic OH excluding ortho intramolecular Hbond substituents is 1. The average molecular weight is 389 g/mol. The summed E-state index contributed by atoms with van der Waals surface area (Å²) in [5.74, 6) is -1.31. The third kappa shape index (κ3) is 3.20. The van der Waals surface area contributed by atoms with E-state index in [1.807, 2.05) is 0 Å². The Balaban J connectivity index is 1.94. The maximum absolute atomic E-state index is 12.7. The summed E-state index contributed by atoms with van der Waals surface area (Å²) in [6, 6.07) is 10.1. The molecule has 27 heavy (non-hydrogen) atoms. The number of benzene rings is 2. The molecule has 10 heteroatoms. The van der Waals surface area contributed by atoms with Gasteiger partial charge in [-0.05, 0) is 18.6 Å². The zero-order valence-electron chi connectivity index (χ0n) is 13.9. The number of hydrazone groups is 1. The standard InChI is InChI=1S/C17H13ClN4O5/c1-17(11-5-3-2-4-6-11)15(24)21(16(25)20-17)19-9-10-7-12(18)8-13(14(10)23)22(26)27/h2-9,23H,1H3,(H,20,25)/b19-9+/t17-/m1/s1. The fourth-order valence-corrected chi connectivity index (χ4v) is 2.88. The first-order chi connectivity index (χ1) is 12.7. The normalized spacial score (nSPS) is 19.6. The second kappa shape index (κ2) is 6.69. The molecule has 2 aromatic carbocycles. The maximum atomic E-state index is 12.7. The minimum absolute atomic E-state index is 0.00715. The fourth-order valence-electron chi connectivity index (χ4n) is 2.66. The van der Waals surface area contributed by atoms with E-state index in [0.717, 1.165) is 12.3 Å². The van der Waals surface area contributed by atoms with Gasteiger partial charge in [-0.1, -0.05) is 41.9 Å². The van der Waals surface area contributed by atoms with Gasteiger partial charge in [-0.15, -0.1) is 5.01 Å². The van der Waals surface area contributed by atoms with Gasteiger partial charge in [-0.25, -0.2) is 4.79 Å². The Morgan fingerprint density at radius 2 is 1.96 bits per heavy atom. The van der Waals surface area contributed by atoms with Crippen molar-refractivity contribution < 1.29 is 19.6 Å². The van der Waals surface area contributed by atoms with Crippen LogP contribution in [0, 0.1) is 10.1 Å². The molecule has 3 amide bonds. The summed E-state index contributed by atoms with van der Waals surface area (Å²) < 4.78 is 0. The summed E-state index contributed by atoms with van der Waals surface area (Å²) in [4.78, 5) is 35.1. The number of rotatable bonds is 4. The van der Waals surface area contributed by atoms with Gasteiger partial charge in [0.2, 0.25) is 5.75 Å². The average Bonchev–Trinajstić information content (AvgIpc) is 2.86. The highest BCUT2D eigenvalue weighted by molar-refractivity contribution is 6.31. The summed E-state index contributed by atoms with van der Waals surface area (Å²) in [5, 5.41) is 27.9. The van der Waals surface area contributed by atoms with Gasteiger partial charge in [0.05, 0.1) is 11.1 Å². The van der Waals surface area contributed by atoms with Crippen LogP contribution in [0.25, 0.3) is 0 Å². The number of imide groups is 1. The SMILES string of the molecule is C[C@]1(c2ccccc2)NC(=O)N(/N=C/c2cc(Cl)cc([N+](=O)[O-])c2O)C1=O. The number of nitro groups is 1. The van der Waals surface area contributed by atoms with E-state index in [9.17, 15) is 24.8 Å². The number of carbonyl (C=O) groups excluding carboxylic acids is 2. The zero-order chi connectivity index (χ0) is 19.8. The van der Waals surface area contributed by atoms with Crippen LogP contribution in [-0.4, -0.2) is 33.2 Å². The molecule has 138 valence electrons. The third-order valence-electron chi connectivity index (χ3n) is 4.11. The van der Waals surface area contributed by atoms with Crippen molar-refractivity contribution in [1.29, 1.82) is 0 Å². The Morgan fingerprint density at radius 3 is 2.59 bits per heavy atom. The number of hydrogen-bond donors (Lipinski definition) is 2. The van der Waals surface area contributed by atoms with Crippen LogP contribution in [0.1, 0.15) is 18.1 Å². The molecule has 0 aliphatic carbocycles. The lowest BCUT2D eigenvalue weighted by molar-refractivity contribution is -0.385. The molecule has 0 radical (unpaired) electrons. The molecule has 1 heterocycles. The minimum Gasteiger partial charge on any atom is -0.502 e. The van der Waals surface area contributed by atoms with Crippen molar-refractivity contribution in [2.45, 2.75) is 12.5 Å². The van der Waals surface area contributed by atoms with E-state index >= 15 is 0 Å².